The number of hydrogen-bond donors (Lipinski definition) is 3. The molecule has 3 N–H and O–H groups in total. The van der Waals surface area contributed by atoms with Crippen molar-refractivity contribution in [3.05, 3.63) is 0 Å². The number of amides is 1. The molecule has 0 atom stereocenters. The fraction of sp³-hybridized carbons (Fsp3) is 0.667. The second kappa shape index (κ2) is 3.62. The summed E-state index contributed by atoms with van der Waals surface area (Å²) in [5.74, 6) is 0. The summed E-state index contributed by atoms with van der Waals surface area (Å²) in [5, 5.41) is 14.7. The van der Waals surface area contributed by atoms with Crippen LogP contribution in [0.15, 0.2) is 0 Å². The Labute approximate surface area is 62.6 Å². The van der Waals surface area contributed by atoms with Gasteiger partial charge >= 0.3 is 15.4 Å². The van der Waals surface area contributed by atoms with Gasteiger partial charge in [0.15, 0.2) is 0 Å². The summed E-state index contributed by atoms with van der Waals surface area (Å²) in [6, 6.07) is 0. The monoisotopic (exact) mass is 185 g/mol. The topological polar surface area (TPSA) is 115 Å². The van der Waals surface area contributed by atoms with Crippen LogP contribution in [-0.4, -0.2) is 46.8 Å². The number of carbonyl (C=O) groups is 1. The van der Waals surface area contributed by atoms with E-state index in [1.54, 1.807) is 0 Å². The molecule has 0 saturated carbocycles. The molecular formula is C3H7NO6S. The van der Waals surface area contributed by atoms with Crippen molar-refractivity contribution in [1.82, 2.24) is 4.90 Å². The van der Waals surface area contributed by atoms with Gasteiger partial charge < -0.3 is 10.2 Å². The minimum Gasteiger partial charge on any atom is -0.376 e. The lowest BCUT2D eigenvalue weighted by molar-refractivity contribution is 0.0661. The van der Waals surface area contributed by atoms with Crippen molar-refractivity contribution in [2.24, 2.45) is 0 Å². The molecule has 8 heteroatoms. The molecule has 0 radical (unpaired) electrons. The minimum atomic E-state index is -4.86. The first-order valence-corrected chi connectivity index (χ1v) is 3.85. The molecule has 0 aromatic heterocycles. The lowest BCUT2D eigenvalue weighted by Gasteiger charge is -2.13. The predicted molar refractivity (Wildman–Crippen MR) is 33.0 cm³/mol. The van der Waals surface area contributed by atoms with E-state index < -0.39 is 28.8 Å². The fourth-order valence-electron chi connectivity index (χ4n) is 0.323. The maximum Gasteiger partial charge on any atom is 0.369 e. The van der Waals surface area contributed by atoms with Gasteiger partial charge in [0, 0.05) is 0 Å². The summed E-state index contributed by atoms with van der Waals surface area (Å²) in [6.45, 7) is -1.95. The van der Waals surface area contributed by atoms with E-state index >= 15 is 0 Å². The zero-order chi connectivity index (χ0) is 9.07. The first-order valence-electron chi connectivity index (χ1n) is 2.41. The van der Waals surface area contributed by atoms with Crippen LogP contribution in [0.25, 0.3) is 0 Å². The fourth-order valence-corrected chi connectivity index (χ4v) is 0.765. The average molecular weight is 185 g/mol. The highest BCUT2D eigenvalue weighted by molar-refractivity contribution is 8.01. The van der Waals surface area contributed by atoms with Gasteiger partial charge in [-0.2, -0.15) is 8.42 Å². The molecule has 0 fully saturated rings. The van der Waals surface area contributed by atoms with Crippen molar-refractivity contribution in [2.75, 3.05) is 13.5 Å². The van der Waals surface area contributed by atoms with E-state index in [0.717, 1.165) is 0 Å². The van der Waals surface area contributed by atoms with Crippen LogP contribution >= 0.6 is 0 Å². The van der Waals surface area contributed by atoms with Gasteiger partial charge in [-0.1, -0.05) is 0 Å². The van der Waals surface area contributed by atoms with Gasteiger partial charge in [0.05, 0.1) is 0 Å². The Morgan fingerprint density at radius 2 is 1.64 bits per heavy atom. The second-order valence-electron chi connectivity index (χ2n) is 1.56. The van der Waals surface area contributed by atoms with E-state index in [4.69, 9.17) is 14.8 Å². The highest BCUT2D eigenvalue weighted by Crippen LogP contribution is 1.95. The molecule has 7 nitrogen and oxygen atoms in total. The van der Waals surface area contributed by atoms with E-state index in [-0.39, 0.29) is 4.90 Å². The molecule has 0 heterocycles. The third-order valence-corrected chi connectivity index (χ3v) is 1.52. The van der Waals surface area contributed by atoms with Gasteiger partial charge in [0.2, 0.25) is 0 Å². The molecule has 0 aromatic rings. The zero-order valence-corrected chi connectivity index (χ0v) is 6.15. The van der Waals surface area contributed by atoms with Crippen molar-refractivity contribution in [3.8, 4) is 0 Å². The van der Waals surface area contributed by atoms with Crippen molar-refractivity contribution in [2.45, 2.75) is 0 Å². The normalized spacial score (nSPS) is 11.2. The summed E-state index contributed by atoms with van der Waals surface area (Å²) in [4.78, 5) is 10.5. The largest absolute Gasteiger partial charge is 0.376 e. The molecule has 0 spiro atoms. The van der Waals surface area contributed by atoms with Crippen LogP contribution in [0.2, 0.25) is 0 Å². The summed E-state index contributed by atoms with van der Waals surface area (Å²) >= 11 is 0. The van der Waals surface area contributed by atoms with Crippen molar-refractivity contribution >= 4 is 15.4 Å². The number of hydrogen-bond acceptors (Lipinski definition) is 5. The van der Waals surface area contributed by atoms with Crippen LogP contribution < -0.4 is 0 Å². The number of nitrogens with zero attached hydrogens (tertiary/aromatic N) is 1. The third kappa shape index (κ3) is 2.80. The van der Waals surface area contributed by atoms with Crippen molar-refractivity contribution in [1.29, 1.82) is 0 Å². The van der Waals surface area contributed by atoms with Crippen LogP contribution in [0, 0.1) is 0 Å². The average Bonchev–Trinajstić information content (AvgIpc) is 1.88. The first kappa shape index (κ1) is 10.3. The van der Waals surface area contributed by atoms with Crippen LogP contribution in [0.4, 0.5) is 4.79 Å². The number of aliphatic hydroxyl groups is 2. The lowest BCUT2D eigenvalue weighted by Crippen LogP contribution is -2.36. The Kier molecular flexibility index (Phi) is 3.39. The van der Waals surface area contributed by atoms with Crippen molar-refractivity contribution in [3.63, 3.8) is 0 Å². The lowest BCUT2D eigenvalue weighted by atomic mass is 10.9. The SMILES string of the molecule is O=C(N(CO)CO)S(=O)(=O)O. The molecule has 0 aromatic carbocycles. The number of rotatable bonds is 2. The Bertz CT molecular complexity index is 228. The van der Waals surface area contributed by atoms with Crippen LogP contribution in [0.3, 0.4) is 0 Å². The molecular weight excluding hydrogens is 178 g/mol. The van der Waals surface area contributed by atoms with Gasteiger partial charge in [0.1, 0.15) is 13.5 Å². The van der Waals surface area contributed by atoms with E-state index in [1.165, 1.54) is 0 Å². The van der Waals surface area contributed by atoms with Gasteiger partial charge in [-0.25, -0.2) is 0 Å². The number of carbonyl (C=O) groups excluding carboxylic acids is 1. The quantitative estimate of drug-likeness (QED) is 0.345. The Hall–Kier alpha value is -0.700. The highest BCUT2D eigenvalue weighted by atomic mass is 32.2. The molecule has 0 aliphatic heterocycles. The van der Waals surface area contributed by atoms with Gasteiger partial charge in [0.25, 0.3) is 0 Å². The maximum absolute atomic E-state index is 10.4. The molecule has 0 unspecified atom stereocenters. The Balaban J connectivity index is 4.48. The number of aliphatic hydroxyl groups excluding tert-OH is 2. The Morgan fingerprint density at radius 3 is 1.73 bits per heavy atom. The van der Waals surface area contributed by atoms with Crippen molar-refractivity contribution < 1.29 is 28.0 Å². The Morgan fingerprint density at radius 1 is 1.27 bits per heavy atom. The molecule has 1 amide bonds. The summed E-state index contributed by atoms with van der Waals surface area (Å²) in [7, 11) is -4.86. The maximum atomic E-state index is 10.4. The minimum absolute atomic E-state index is 0.134. The van der Waals surface area contributed by atoms with E-state index in [1.807, 2.05) is 0 Å². The van der Waals surface area contributed by atoms with Crippen LogP contribution in [-0.2, 0) is 10.1 Å². The first-order chi connectivity index (χ1) is 4.93. The molecule has 0 bridgehead atoms. The molecule has 11 heavy (non-hydrogen) atoms. The highest BCUT2D eigenvalue weighted by Gasteiger charge is 2.24. The van der Waals surface area contributed by atoms with Gasteiger partial charge in [-0.3, -0.25) is 14.2 Å². The van der Waals surface area contributed by atoms with Crippen LogP contribution in [0.1, 0.15) is 0 Å². The molecule has 0 aliphatic carbocycles. The molecule has 66 valence electrons. The molecule has 0 saturated heterocycles. The predicted octanol–water partition coefficient (Wildman–Crippen LogP) is -1.80. The standard InChI is InChI=1S/C3H7NO6S/c5-1-4(2-6)3(7)11(8,9)10/h5-6H,1-2H2,(H,8,9,10). The summed E-state index contributed by atoms with van der Waals surface area (Å²) in [6.07, 6.45) is 0. The smallest absolute Gasteiger partial charge is 0.369 e. The van der Waals surface area contributed by atoms with E-state index in [2.05, 4.69) is 0 Å². The molecule has 0 rings (SSSR count). The van der Waals surface area contributed by atoms with Crippen LogP contribution in [0.5, 0.6) is 0 Å². The molecule has 0 aliphatic rings. The third-order valence-electron chi connectivity index (χ3n) is 0.820. The summed E-state index contributed by atoms with van der Waals surface area (Å²) < 4.78 is 28.1. The van der Waals surface area contributed by atoms with E-state index in [9.17, 15) is 13.2 Å². The van der Waals surface area contributed by atoms with Gasteiger partial charge in [-0.15, -0.1) is 0 Å². The zero-order valence-electron chi connectivity index (χ0n) is 5.34. The van der Waals surface area contributed by atoms with E-state index in [0.29, 0.717) is 0 Å². The van der Waals surface area contributed by atoms with Gasteiger partial charge in [-0.05, 0) is 0 Å². The summed E-state index contributed by atoms with van der Waals surface area (Å²) in [5.41, 5.74) is 0. The second-order valence-corrected chi connectivity index (χ2v) is 2.86.